The van der Waals surface area contributed by atoms with Crippen LogP contribution in [-0.4, -0.2) is 5.11 Å². The summed E-state index contributed by atoms with van der Waals surface area (Å²) in [6.45, 7) is 3.63. The maximum Gasteiger partial charge on any atom is 0.123 e. The van der Waals surface area contributed by atoms with E-state index >= 15 is 0 Å². The highest BCUT2D eigenvalue weighted by atomic mass is 19.1. The topological polar surface area (TPSA) is 20.2 Å². The monoisotopic (exact) mass is 262 g/mol. The first-order valence-electron chi connectivity index (χ1n) is 6.16. The predicted octanol–water partition coefficient (Wildman–Crippen LogP) is 3.86. The first-order valence-corrected chi connectivity index (χ1v) is 6.16. The number of aryl methyl sites for hydroxylation is 2. The van der Waals surface area contributed by atoms with Crippen molar-refractivity contribution in [3.8, 4) is 0 Å². The highest BCUT2D eigenvalue weighted by molar-refractivity contribution is 5.31. The van der Waals surface area contributed by atoms with Crippen LogP contribution in [0.15, 0.2) is 36.4 Å². The van der Waals surface area contributed by atoms with E-state index < -0.39 is 6.10 Å². The van der Waals surface area contributed by atoms with E-state index in [0.29, 0.717) is 5.56 Å². The largest absolute Gasteiger partial charge is 0.388 e. The summed E-state index contributed by atoms with van der Waals surface area (Å²) in [7, 11) is 0. The second-order valence-electron chi connectivity index (χ2n) is 4.85. The summed E-state index contributed by atoms with van der Waals surface area (Å²) in [6.07, 6.45) is -0.568. The van der Waals surface area contributed by atoms with Gasteiger partial charge >= 0.3 is 0 Å². The molecule has 1 unspecified atom stereocenters. The minimum Gasteiger partial charge on any atom is -0.388 e. The molecule has 19 heavy (non-hydrogen) atoms. The van der Waals surface area contributed by atoms with Crippen LogP contribution >= 0.6 is 0 Å². The lowest BCUT2D eigenvalue weighted by atomic mass is 9.97. The molecule has 1 nitrogen and oxygen atoms in total. The lowest BCUT2D eigenvalue weighted by Crippen LogP contribution is -2.04. The van der Waals surface area contributed by atoms with Crippen LogP contribution in [0.5, 0.6) is 0 Å². The molecule has 1 N–H and O–H groups in total. The molecule has 2 aromatic rings. The Kier molecular flexibility index (Phi) is 3.96. The molecule has 0 aromatic heterocycles. The van der Waals surface area contributed by atoms with Crippen molar-refractivity contribution in [3.63, 3.8) is 0 Å². The van der Waals surface area contributed by atoms with E-state index in [1.165, 1.54) is 24.3 Å². The average molecular weight is 262 g/mol. The normalized spacial score (nSPS) is 12.5. The van der Waals surface area contributed by atoms with Gasteiger partial charge in [0.1, 0.15) is 11.6 Å². The molecular formula is C16H16F2O. The van der Waals surface area contributed by atoms with E-state index in [-0.39, 0.29) is 18.1 Å². The molecule has 0 aliphatic rings. The summed E-state index contributed by atoms with van der Waals surface area (Å²) in [5.74, 6) is -0.701. The summed E-state index contributed by atoms with van der Waals surface area (Å²) in [5, 5.41) is 10.1. The van der Waals surface area contributed by atoms with Crippen molar-refractivity contribution in [3.05, 3.63) is 70.3 Å². The fraction of sp³-hybridized carbons (Fsp3) is 0.250. The number of aliphatic hydroxyl groups excluding tert-OH is 1. The summed E-state index contributed by atoms with van der Waals surface area (Å²) < 4.78 is 26.5. The zero-order valence-corrected chi connectivity index (χ0v) is 11.0. The molecule has 0 amide bonds. The van der Waals surface area contributed by atoms with Crippen LogP contribution in [0.2, 0.25) is 0 Å². The lowest BCUT2D eigenvalue weighted by Gasteiger charge is -2.14. The van der Waals surface area contributed by atoms with E-state index in [4.69, 9.17) is 0 Å². The SMILES string of the molecule is Cc1cc(F)cc(C(O)Cc2cc(F)ccc2C)c1. The Bertz CT molecular complexity index is 573. The van der Waals surface area contributed by atoms with Crippen LogP contribution in [0.25, 0.3) is 0 Å². The zero-order valence-electron chi connectivity index (χ0n) is 11.0. The second kappa shape index (κ2) is 5.49. The number of benzene rings is 2. The van der Waals surface area contributed by atoms with Crippen molar-refractivity contribution in [2.45, 2.75) is 26.4 Å². The number of halogens is 2. The first-order chi connectivity index (χ1) is 8.95. The Morgan fingerprint density at radius 2 is 1.74 bits per heavy atom. The van der Waals surface area contributed by atoms with E-state index in [9.17, 15) is 13.9 Å². The molecule has 100 valence electrons. The van der Waals surface area contributed by atoms with Crippen molar-refractivity contribution in [1.82, 2.24) is 0 Å². The molecular weight excluding hydrogens is 246 g/mol. The van der Waals surface area contributed by atoms with E-state index in [1.807, 2.05) is 6.92 Å². The second-order valence-corrected chi connectivity index (χ2v) is 4.85. The third kappa shape index (κ3) is 3.38. The number of hydrogen-bond donors (Lipinski definition) is 1. The Labute approximate surface area is 111 Å². The molecule has 0 saturated carbocycles. The standard InChI is InChI=1S/C16H16F2O/c1-10-5-13(8-15(18)6-10)16(19)9-12-7-14(17)4-3-11(12)2/h3-8,16,19H,9H2,1-2H3. The minimum atomic E-state index is -0.838. The van der Waals surface area contributed by atoms with Gasteiger partial charge in [-0.05, 0) is 60.4 Å². The Balaban J connectivity index is 2.25. The van der Waals surface area contributed by atoms with Gasteiger partial charge in [0, 0.05) is 6.42 Å². The fourth-order valence-corrected chi connectivity index (χ4v) is 2.14. The van der Waals surface area contributed by atoms with Crippen LogP contribution < -0.4 is 0 Å². The molecule has 0 spiro atoms. The molecule has 1 atom stereocenters. The van der Waals surface area contributed by atoms with Crippen molar-refractivity contribution in [1.29, 1.82) is 0 Å². The van der Waals surface area contributed by atoms with Gasteiger partial charge < -0.3 is 5.11 Å². The molecule has 2 rings (SSSR count). The van der Waals surface area contributed by atoms with Crippen LogP contribution in [0.4, 0.5) is 8.78 Å². The highest BCUT2D eigenvalue weighted by Crippen LogP contribution is 2.22. The molecule has 0 aliphatic heterocycles. The Morgan fingerprint density at radius 3 is 2.42 bits per heavy atom. The summed E-state index contributed by atoms with van der Waals surface area (Å²) >= 11 is 0. The molecule has 0 aliphatic carbocycles. The van der Waals surface area contributed by atoms with Crippen LogP contribution in [0.3, 0.4) is 0 Å². The van der Waals surface area contributed by atoms with Gasteiger partial charge in [-0.3, -0.25) is 0 Å². The molecule has 0 bridgehead atoms. The smallest absolute Gasteiger partial charge is 0.123 e. The third-order valence-corrected chi connectivity index (χ3v) is 3.17. The van der Waals surface area contributed by atoms with Gasteiger partial charge in [0.2, 0.25) is 0 Å². The highest BCUT2D eigenvalue weighted by Gasteiger charge is 2.12. The molecule has 0 heterocycles. The third-order valence-electron chi connectivity index (χ3n) is 3.17. The maximum atomic E-state index is 13.3. The van der Waals surface area contributed by atoms with Crippen LogP contribution in [0, 0.1) is 25.5 Å². The number of rotatable bonds is 3. The van der Waals surface area contributed by atoms with Crippen molar-refractivity contribution < 1.29 is 13.9 Å². The zero-order chi connectivity index (χ0) is 14.0. The summed E-state index contributed by atoms with van der Waals surface area (Å²) in [4.78, 5) is 0. The predicted molar refractivity (Wildman–Crippen MR) is 70.9 cm³/mol. The van der Waals surface area contributed by atoms with Crippen LogP contribution in [0.1, 0.15) is 28.4 Å². The fourth-order valence-electron chi connectivity index (χ4n) is 2.14. The molecule has 0 radical (unpaired) electrons. The molecule has 3 heteroatoms. The van der Waals surface area contributed by atoms with Gasteiger partial charge in [0.05, 0.1) is 6.10 Å². The Hall–Kier alpha value is -1.74. The number of aliphatic hydroxyl groups is 1. The van der Waals surface area contributed by atoms with E-state index in [1.54, 1.807) is 19.1 Å². The average Bonchev–Trinajstić information content (AvgIpc) is 2.32. The van der Waals surface area contributed by atoms with Crippen molar-refractivity contribution in [2.75, 3.05) is 0 Å². The maximum absolute atomic E-state index is 13.3. The molecule has 0 saturated heterocycles. The van der Waals surface area contributed by atoms with Gasteiger partial charge in [-0.1, -0.05) is 12.1 Å². The van der Waals surface area contributed by atoms with Crippen molar-refractivity contribution >= 4 is 0 Å². The van der Waals surface area contributed by atoms with Gasteiger partial charge in [-0.15, -0.1) is 0 Å². The summed E-state index contributed by atoms with van der Waals surface area (Å²) in [6, 6.07) is 8.93. The first kappa shape index (κ1) is 13.7. The van der Waals surface area contributed by atoms with Gasteiger partial charge in [0.25, 0.3) is 0 Å². The lowest BCUT2D eigenvalue weighted by molar-refractivity contribution is 0.177. The van der Waals surface area contributed by atoms with Crippen LogP contribution in [-0.2, 0) is 6.42 Å². The molecule has 0 fully saturated rings. The number of hydrogen-bond acceptors (Lipinski definition) is 1. The van der Waals surface area contributed by atoms with Gasteiger partial charge in [0.15, 0.2) is 0 Å². The quantitative estimate of drug-likeness (QED) is 0.890. The van der Waals surface area contributed by atoms with Crippen molar-refractivity contribution in [2.24, 2.45) is 0 Å². The Morgan fingerprint density at radius 1 is 1.00 bits per heavy atom. The van der Waals surface area contributed by atoms with Gasteiger partial charge in [-0.2, -0.15) is 0 Å². The molecule has 2 aromatic carbocycles. The summed E-state index contributed by atoms with van der Waals surface area (Å²) in [5.41, 5.74) is 2.91. The minimum absolute atomic E-state index is 0.270. The van der Waals surface area contributed by atoms with E-state index in [0.717, 1.165) is 16.7 Å². The van der Waals surface area contributed by atoms with E-state index in [2.05, 4.69) is 0 Å². The van der Waals surface area contributed by atoms with Gasteiger partial charge in [-0.25, -0.2) is 8.78 Å².